The topological polar surface area (TPSA) is 114 Å². The molecule has 0 bridgehead atoms. The molecular weight excluding hydrogens is 336 g/mol. The van der Waals surface area contributed by atoms with Gasteiger partial charge in [0.2, 0.25) is 0 Å². The first-order valence-electron chi connectivity index (χ1n) is 8.80. The first kappa shape index (κ1) is 18.0. The van der Waals surface area contributed by atoms with Crippen molar-refractivity contribution in [2.45, 2.75) is 39.2 Å². The molecule has 3 heterocycles. The van der Waals surface area contributed by atoms with E-state index in [1.165, 1.54) is 17.2 Å². The fourth-order valence-corrected chi connectivity index (χ4v) is 3.29. The zero-order valence-electron chi connectivity index (χ0n) is 14.7. The fraction of sp³-hybridized carbons (Fsp3) is 0.529. The van der Waals surface area contributed by atoms with Gasteiger partial charge in [0.15, 0.2) is 5.69 Å². The smallest absolute Gasteiger partial charge is 0.358 e. The number of aryl methyl sites for hydroxylation is 1. The Kier molecular flexibility index (Phi) is 5.55. The van der Waals surface area contributed by atoms with Gasteiger partial charge in [0.25, 0.3) is 5.91 Å². The Balaban J connectivity index is 1.68. The average molecular weight is 358 g/mol. The van der Waals surface area contributed by atoms with Gasteiger partial charge >= 0.3 is 5.97 Å². The summed E-state index contributed by atoms with van der Waals surface area (Å²) in [5, 5.41) is 16.4. The van der Waals surface area contributed by atoms with Crippen LogP contribution < -0.4 is 0 Å². The predicted octanol–water partition coefficient (Wildman–Crippen LogP) is 1.27. The minimum absolute atomic E-state index is 0.0384. The van der Waals surface area contributed by atoms with Crippen molar-refractivity contribution in [1.29, 1.82) is 0 Å². The molecule has 1 aliphatic rings. The molecule has 0 radical (unpaired) electrons. The quantitative estimate of drug-likeness (QED) is 0.827. The molecule has 1 atom stereocenters. The molecule has 2 aromatic heterocycles. The van der Waals surface area contributed by atoms with Gasteiger partial charge in [-0.25, -0.2) is 14.8 Å². The third-order valence-electron chi connectivity index (χ3n) is 4.52. The van der Waals surface area contributed by atoms with Crippen molar-refractivity contribution in [1.82, 2.24) is 29.9 Å². The van der Waals surface area contributed by atoms with Crippen molar-refractivity contribution < 1.29 is 14.7 Å². The fourth-order valence-electron chi connectivity index (χ4n) is 3.29. The summed E-state index contributed by atoms with van der Waals surface area (Å²) < 4.78 is 1.54. The number of likely N-dealkylation sites (tertiary alicyclic amines) is 1. The number of amides is 1. The molecule has 1 aliphatic heterocycles. The Morgan fingerprint density at radius 1 is 1.38 bits per heavy atom. The molecule has 9 heteroatoms. The van der Waals surface area contributed by atoms with E-state index < -0.39 is 5.97 Å². The second-order valence-electron chi connectivity index (χ2n) is 6.52. The van der Waals surface area contributed by atoms with Crippen molar-refractivity contribution in [2.24, 2.45) is 5.92 Å². The van der Waals surface area contributed by atoms with E-state index in [4.69, 9.17) is 5.11 Å². The standard InChI is InChI=1S/C17H22N6O3/c1-2-4-14-13(7-18-11-19-14)16(24)22-6-3-5-12(8-22)9-23-10-15(17(25)26)20-21-23/h7,10-12H,2-6,8-9H2,1H3,(H,25,26). The van der Waals surface area contributed by atoms with Gasteiger partial charge in [-0.15, -0.1) is 5.10 Å². The number of carboxylic acids is 1. The molecule has 0 saturated carbocycles. The number of carboxylic acid groups (broad SMARTS) is 1. The van der Waals surface area contributed by atoms with Crippen molar-refractivity contribution in [3.05, 3.63) is 35.7 Å². The Morgan fingerprint density at radius 2 is 2.23 bits per heavy atom. The number of rotatable bonds is 6. The van der Waals surface area contributed by atoms with Gasteiger partial charge in [-0.1, -0.05) is 18.6 Å². The van der Waals surface area contributed by atoms with E-state index in [2.05, 4.69) is 27.2 Å². The van der Waals surface area contributed by atoms with Gasteiger partial charge < -0.3 is 10.0 Å². The van der Waals surface area contributed by atoms with Gasteiger partial charge in [-0.2, -0.15) is 0 Å². The van der Waals surface area contributed by atoms with Crippen molar-refractivity contribution in [2.75, 3.05) is 13.1 Å². The van der Waals surface area contributed by atoms with Gasteiger partial charge in [0.05, 0.1) is 17.5 Å². The zero-order valence-corrected chi connectivity index (χ0v) is 14.7. The van der Waals surface area contributed by atoms with Crippen LogP contribution >= 0.6 is 0 Å². The van der Waals surface area contributed by atoms with Gasteiger partial charge in [0, 0.05) is 25.8 Å². The van der Waals surface area contributed by atoms with Crippen LogP contribution in [0.3, 0.4) is 0 Å². The third-order valence-corrected chi connectivity index (χ3v) is 4.52. The minimum Gasteiger partial charge on any atom is -0.476 e. The van der Waals surface area contributed by atoms with Crippen LogP contribution in [0.4, 0.5) is 0 Å². The zero-order chi connectivity index (χ0) is 18.5. The molecule has 0 aliphatic carbocycles. The molecule has 1 saturated heterocycles. The normalized spacial score (nSPS) is 17.3. The van der Waals surface area contributed by atoms with Crippen molar-refractivity contribution in [3.8, 4) is 0 Å². The Labute approximate surface area is 151 Å². The highest BCUT2D eigenvalue weighted by Crippen LogP contribution is 2.21. The minimum atomic E-state index is -1.09. The molecule has 9 nitrogen and oxygen atoms in total. The molecule has 1 fully saturated rings. The molecule has 0 spiro atoms. The maximum atomic E-state index is 12.9. The average Bonchev–Trinajstić information content (AvgIpc) is 3.11. The lowest BCUT2D eigenvalue weighted by atomic mass is 9.97. The Morgan fingerprint density at radius 3 is 2.96 bits per heavy atom. The molecule has 0 aromatic carbocycles. The molecule has 1 amide bonds. The van der Waals surface area contributed by atoms with Gasteiger partial charge in [-0.05, 0) is 25.2 Å². The first-order chi connectivity index (χ1) is 12.6. The van der Waals surface area contributed by atoms with Crippen LogP contribution in [0.15, 0.2) is 18.7 Å². The Hall–Kier alpha value is -2.84. The maximum absolute atomic E-state index is 12.9. The summed E-state index contributed by atoms with van der Waals surface area (Å²) in [6.45, 7) is 3.89. The largest absolute Gasteiger partial charge is 0.476 e. The number of piperidine rings is 1. The SMILES string of the molecule is CCCc1ncncc1C(=O)N1CCCC(Cn2cc(C(=O)O)nn2)C1. The molecule has 138 valence electrons. The molecule has 1 unspecified atom stereocenters. The predicted molar refractivity (Wildman–Crippen MR) is 91.6 cm³/mol. The summed E-state index contributed by atoms with van der Waals surface area (Å²) in [7, 11) is 0. The highest BCUT2D eigenvalue weighted by Gasteiger charge is 2.27. The number of hydrogen-bond donors (Lipinski definition) is 1. The van der Waals surface area contributed by atoms with E-state index in [-0.39, 0.29) is 17.5 Å². The van der Waals surface area contributed by atoms with Crippen molar-refractivity contribution >= 4 is 11.9 Å². The highest BCUT2D eigenvalue weighted by molar-refractivity contribution is 5.95. The van der Waals surface area contributed by atoms with Crippen molar-refractivity contribution in [3.63, 3.8) is 0 Å². The maximum Gasteiger partial charge on any atom is 0.358 e. The lowest BCUT2D eigenvalue weighted by molar-refractivity contribution is 0.0656. The number of aromatic nitrogens is 5. The number of hydrogen-bond acceptors (Lipinski definition) is 6. The number of carbonyl (C=O) groups is 2. The summed E-state index contributed by atoms with van der Waals surface area (Å²) in [6.07, 6.45) is 8.02. The third kappa shape index (κ3) is 4.04. The van der Waals surface area contributed by atoms with Gasteiger partial charge in [-0.3, -0.25) is 9.48 Å². The van der Waals surface area contributed by atoms with E-state index >= 15 is 0 Å². The van der Waals surface area contributed by atoms with E-state index in [1.54, 1.807) is 6.20 Å². The summed E-state index contributed by atoms with van der Waals surface area (Å²) in [5.74, 6) is -0.928. The van der Waals surface area contributed by atoms with E-state index in [0.29, 0.717) is 25.2 Å². The molecule has 1 N–H and O–H groups in total. The molecular formula is C17H22N6O3. The van der Waals surface area contributed by atoms with Crippen LogP contribution in [-0.4, -0.2) is 59.9 Å². The summed E-state index contributed by atoms with van der Waals surface area (Å²) in [6, 6.07) is 0. The lowest BCUT2D eigenvalue weighted by Crippen LogP contribution is -2.41. The Bertz CT molecular complexity index is 790. The highest BCUT2D eigenvalue weighted by atomic mass is 16.4. The van der Waals surface area contributed by atoms with Crippen LogP contribution in [0.25, 0.3) is 0 Å². The number of nitrogens with zero attached hydrogens (tertiary/aromatic N) is 6. The molecule has 26 heavy (non-hydrogen) atoms. The summed E-state index contributed by atoms with van der Waals surface area (Å²) in [4.78, 5) is 33.9. The van der Waals surface area contributed by atoms with E-state index in [0.717, 1.165) is 31.4 Å². The molecule has 3 rings (SSSR count). The van der Waals surface area contributed by atoms with Crippen LogP contribution in [0, 0.1) is 5.92 Å². The van der Waals surface area contributed by atoms with Crippen LogP contribution in [0.1, 0.15) is 52.7 Å². The molecule has 2 aromatic rings. The second kappa shape index (κ2) is 8.03. The summed E-state index contributed by atoms with van der Waals surface area (Å²) in [5.41, 5.74) is 1.29. The van der Waals surface area contributed by atoms with Crippen LogP contribution in [0.2, 0.25) is 0 Å². The van der Waals surface area contributed by atoms with E-state index in [1.807, 2.05) is 4.90 Å². The van der Waals surface area contributed by atoms with Crippen LogP contribution in [0.5, 0.6) is 0 Å². The second-order valence-corrected chi connectivity index (χ2v) is 6.52. The number of aromatic carboxylic acids is 1. The number of carbonyl (C=O) groups excluding carboxylic acids is 1. The lowest BCUT2D eigenvalue weighted by Gasteiger charge is -2.33. The van der Waals surface area contributed by atoms with E-state index in [9.17, 15) is 9.59 Å². The first-order valence-corrected chi connectivity index (χ1v) is 8.80. The van der Waals surface area contributed by atoms with Gasteiger partial charge in [0.1, 0.15) is 6.33 Å². The monoisotopic (exact) mass is 358 g/mol. The summed E-state index contributed by atoms with van der Waals surface area (Å²) >= 11 is 0. The van der Waals surface area contributed by atoms with Crippen LogP contribution in [-0.2, 0) is 13.0 Å².